The number of methoxy groups -OCH3 is 1. The molecule has 0 unspecified atom stereocenters. The Morgan fingerprint density at radius 1 is 0.900 bits per heavy atom. The van der Waals surface area contributed by atoms with Crippen LogP contribution in [0.5, 0.6) is 0 Å². The number of nitrogens with one attached hydrogen (secondary N) is 4. The molecule has 0 bridgehead atoms. The summed E-state index contributed by atoms with van der Waals surface area (Å²) in [6, 6.07) is 5.12. The summed E-state index contributed by atoms with van der Waals surface area (Å²) in [6.45, 7) is 16.2. The summed E-state index contributed by atoms with van der Waals surface area (Å²) in [4.78, 5) is 80.2. The summed E-state index contributed by atoms with van der Waals surface area (Å²) in [5.74, 6) is -2.57. The van der Waals surface area contributed by atoms with Crippen LogP contribution in [0.2, 0.25) is 0 Å². The van der Waals surface area contributed by atoms with E-state index in [2.05, 4.69) is 21.3 Å². The highest BCUT2D eigenvalue weighted by atomic mass is 16.6. The minimum absolute atomic E-state index is 0.102. The molecule has 0 aliphatic carbocycles. The Morgan fingerprint density at radius 2 is 1.54 bits per heavy atom. The third-order valence-electron chi connectivity index (χ3n) is 8.15. The molecule has 13 heteroatoms. The number of hydrogen-bond acceptors (Lipinski definition) is 8. The monoisotopic (exact) mass is 699 g/mol. The zero-order chi connectivity index (χ0) is 37.8. The van der Waals surface area contributed by atoms with E-state index in [1.54, 1.807) is 38.7 Å². The van der Waals surface area contributed by atoms with Gasteiger partial charge in [0.25, 0.3) is 0 Å². The fourth-order valence-electron chi connectivity index (χ4n) is 5.56. The molecule has 0 radical (unpaired) electrons. The highest BCUT2D eigenvalue weighted by Gasteiger charge is 2.36. The predicted octanol–water partition coefficient (Wildman–Crippen LogP) is 3.41. The molecule has 4 N–H and O–H groups in total. The van der Waals surface area contributed by atoms with Gasteiger partial charge >= 0.3 is 12.1 Å². The third-order valence-corrected chi connectivity index (χ3v) is 8.15. The van der Waals surface area contributed by atoms with E-state index in [-0.39, 0.29) is 24.2 Å². The molecule has 2 rings (SSSR count). The molecule has 1 heterocycles. The van der Waals surface area contributed by atoms with Gasteiger partial charge in [-0.3, -0.25) is 19.2 Å². The second kappa shape index (κ2) is 19.1. The summed E-state index contributed by atoms with van der Waals surface area (Å²) < 4.78 is 10.1. The average Bonchev–Trinajstić information content (AvgIpc) is 3.49. The molecule has 0 saturated carbocycles. The van der Waals surface area contributed by atoms with Crippen LogP contribution in [0.1, 0.15) is 87.1 Å². The van der Waals surface area contributed by atoms with E-state index in [4.69, 9.17) is 9.47 Å². The molecule has 1 aliphatic heterocycles. The Kier molecular flexibility index (Phi) is 15.9. The number of carbonyl (C=O) groups is 6. The molecule has 1 saturated heterocycles. The van der Waals surface area contributed by atoms with Gasteiger partial charge in [0.15, 0.2) is 0 Å². The molecule has 5 amide bonds. The lowest BCUT2D eigenvalue weighted by molar-refractivity contribution is -0.145. The zero-order valence-electron chi connectivity index (χ0n) is 31.3. The van der Waals surface area contributed by atoms with E-state index >= 15 is 0 Å². The van der Waals surface area contributed by atoms with Crippen LogP contribution in [-0.4, -0.2) is 90.1 Å². The second-order valence-corrected chi connectivity index (χ2v) is 14.6. The molecular formula is C37H57N5O8. The third kappa shape index (κ3) is 13.5. The first-order valence-electron chi connectivity index (χ1n) is 17.3. The van der Waals surface area contributed by atoms with E-state index in [9.17, 15) is 28.8 Å². The highest BCUT2D eigenvalue weighted by Crippen LogP contribution is 2.23. The van der Waals surface area contributed by atoms with Gasteiger partial charge in [0.05, 0.1) is 13.2 Å². The van der Waals surface area contributed by atoms with Gasteiger partial charge in [0.1, 0.15) is 29.8 Å². The van der Waals surface area contributed by atoms with Crippen LogP contribution in [0.4, 0.5) is 4.79 Å². The zero-order valence-corrected chi connectivity index (χ0v) is 31.3. The standard InChI is InChI=1S/C37H57N5O8/c1-22(2)19-29(35(47)49-10)40-33(45)28(21-26-15-12-11-13-16-26)39-31(43)24(5)20-27-17-14-18-42(27)34(46)30(23(3)4)41-32(44)25(6)38-36(48)50-37(7,8)9/h11-13,15-16,20,22-23,25,27-30H,14,17-19,21H2,1-10H3,(H,38,48)(H,39,43)(H,40,45)(H,41,44)/b24-20+/t25-,27-,28-,29-,30-/m0/s1. The van der Waals surface area contributed by atoms with Gasteiger partial charge in [0.2, 0.25) is 23.6 Å². The maximum Gasteiger partial charge on any atom is 0.408 e. The minimum atomic E-state index is -0.995. The maximum absolute atomic E-state index is 13.8. The lowest BCUT2D eigenvalue weighted by atomic mass is 10.0. The number of amides is 5. The van der Waals surface area contributed by atoms with Crippen molar-refractivity contribution in [2.24, 2.45) is 11.8 Å². The summed E-state index contributed by atoms with van der Waals surface area (Å²) >= 11 is 0. The van der Waals surface area contributed by atoms with Crippen molar-refractivity contribution in [3.8, 4) is 0 Å². The van der Waals surface area contributed by atoms with Crippen molar-refractivity contribution in [1.29, 1.82) is 0 Å². The minimum Gasteiger partial charge on any atom is -0.467 e. The maximum atomic E-state index is 13.8. The Balaban J connectivity index is 2.21. The molecule has 1 aliphatic rings. The topological polar surface area (TPSA) is 172 Å². The van der Waals surface area contributed by atoms with E-state index in [0.717, 1.165) is 5.56 Å². The van der Waals surface area contributed by atoms with Crippen molar-refractivity contribution in [3.05, 3.63) is 47.5 Å². The van der Waals surface area contributed by atoms with Gasteiger partial charge in [-0.15, -0.1) is 0 Å². The van der Waals surface area contributed by atoms with Crippen molar-refractivity contribution < 1.29 is 38.2 Å². The molecule has 278 valence electrons. The van der Waals surface area contributed by atoms with E-state index in [1.807, 2.05) is 58.0 Å². The molecule has 1 aromatic rings. The van der Waals surface area contributed by atoms with Crippen molar-refractivity contribution in [1.82, 2.24) is 26.2 Å². The average molecular weight is 700 g/mol. The molecule has 0 spiro atoms. The smallest absolute Gasteiger partial charge is 0.408 e. The largest absolute Gasteiger partial charge is 0.467 e. The Hall–Kier alpha value is -4.42. The van der Waals surface area contributed by atoms with Gasteiger partial charge in [-0.1, -0.05) is 64.1 Å². The number of hydrogen-bond donors (Lipinski definition) is 4. The van der Waals surface area contributed by atoms with Gasteiger partial charge in [-0.05, 0) is 71.3 Å². The van der Waals surface area contributed by atoms with Crippen LogP contribution in [0.15, 0.2) is 42.0 Å². The van der Waals surface area contributed by atoms with Crippen molar-refractivity contribution in [3.63, 3.8) is 0 Å². The first-order valence-corrected chi connectivity index (χ1v) is 17.3. The van der Waals surface area contributed by atoms with Crippen LogP contribution in [0, 0.1) is 11.8 Å². The Labute approximate surface area is 296 Å². The number of carbonyl (C=O) groups excluding carboxylic acids is 6. The number of rotatable bonds is 15. The summed E-state index contributed by atoms with van der Waals surface area (Å²) in [5.41, 5.74) is 0.394. The normalized spacial score (nSPS) is 17.3. The molecule has 5 atom stereocenters. The van der Waals surface area contributed by atoms with Crippen molar-refractivity contribution in [2.75, 3.05) is 13.7 Å². The fraction of sp³-hybridized carbons (Fsp3) is 0.622. The first-order chi connectivity index (χ1) is 23.3. The number of nitrogens with zero attached hydrogens (tertiary/aromatic N) is 1. The highest BCUT2D eigenvalue weighted by molar-refractivity contribution is 5.97. The molecule has 13 nitrogen and oxygen atoms in total. The van der Waals surface area contributed by atoms with E-state index < -0.39 is 65.6 Å². The molecular weight excluding hydrogens is 642 g/mol. The first kappa shape index (κ1) is 41.7. The molecule has 50 heavy (non-hydrogen) atoms. The van der Waals surface area contributed by atoms with Crippen LogP contribution in [-0.2, 0) is 39.9 Å². The number of alkyl carbamates (subject to hydrolysis) is 1. The van der Waals surface area contributed by atoms with Gasteiger partial charge < -0.3 is 35.6 Å². The van der Waals surface area contributed by atoms with Gasteiger partial charge in [0, 0.05) is 18.5 Å². The SMILES string of the molecule is COC(=O)[C@H](CC(C)C)NC(=O)[C@H](Cc1ccccc1)NC(=O)/C(C)=C/[C@@H]1CCCN1C(=O)[C@@H](NC(=O)[C@H](C)NC(=O)OC(C)(C)C)C(C)C. The van der Waals surface area contributed by atoms with Gasteiger partial charge in [-0.25, -0.2) is 9.59 Å². The number of esters is 1. The predicted molar refractivity (Wildman–Crippen MR) is 190 cm³/mol. The lowest BCUT2D eigenvalue weighted by Crippen LogP contribution is -2.56. The number of benzene rings is 1. The van der Waals surface area contributed by atoms with E-state index in [0.29, 0.717) is 31.4 Å². The van der Waals surface area contributed by atoms with Crippen LogP contribution in [0.25, 0.3) is 0 Å². The van der Waals surface area contributed by atoms with Gasteiger partial charge in [-0.2, -0.15) is 0 Å². The lowest BCUT2D eigenvalue weighted by Gasteiger charge is -2.31. The van der Waals surface area contributed by atoms with Crippen molar-refractivity contribution in [2.45, 2.75) is 124 Å². The van der Waals surface area contributed by atoms with Crippen molar-refractivity contribution >= 4 is 35.7 Å². The number of ether oxygens (including phenoxy) is 2. The summed E-state index contributed by atoms with van der Waals surface area (Å²) in [7, 11) is 1.26. The number of likely N-dealkylation sites (tertiary alicyclic amines) is 1. The summed E-state index contributed by atoms with van der Waals surface area (Å²) in [5, 5.41) is 10.9. The van der Waals surface area contributed by atoms with E-state index in [1.165, 1.54) is 14.0 Å². The van der Waals surface area contributed by atoms with Crippen LogP contribution < -0.4 is 21.3 Å². The Morgan fingerprint density at radius 3 is 2.10 bits per heavy atom. The molecule has 1 fully saturated rings. The van der Waals surface area contributed by atoms with Crippen LogP contribution in [0.3, 0.4) is 0 Å². The molecule has 0 aromatic heterocycles. The Bertz CT molecular complexity index is 1370. The quantitative estimate of drug-likeness (QED) is 0.159. The summed E-state index contributed by atoms with van der Waals surface area (Å²) in [6.07, 6.45) is 2.82. The second-order valence-electron chi connectivity index (χ2n) is 14.6. The fourth-order valence-corrected chi connectivity index (χ4v) is 5.56. The molecule has 1 aromatic carbocycles. The van der Waals surface area contributed by atoms with Crippen LogP contribution >= 0.6 is 0 Å².